The molecule has 0 aromatic heterocycles. The molecular formula is C19H22N2O3. The fraction of sp³-hybridized carbons (Fsp3) is 0.158. The molecular weight excluding hydrogens is 304 g/mol. The van der Waals surface area contributed by atoms with Gasteiger partial charge in [-0.15, -0.1) is 0 Å². The zero-order chi connectivity index (χ0) is 17.7. The second-order valence-corrected chi connectivity index (χ2v) is 5.41. The highest BCUT2D eigenvalue weighted by molar-refractivity contribution is 6.05. The Balaban J connectivity index is 2.42. The van der Waals surface area contributed by atoms with Crippen LogP contribution in [0, 0.1) is 0 Å². The standard InChI is InChI=1S/C19H22N2O3/c1-12(15-8-18(23)19(24)9-17(15)22)16(11-21-3)14-6-4-13(5-7-14)10-20-2/h4-9,11,20-24H,1,10H2,2-3H3/b16-11+. The summed E-state index contributed by atoms with van der Waals surface area (Å²) in [7, 11) is 3.67. The number of hydrogen-bond donors (Lipinski definition) is 5. The van der Waals surface area contributed by atoms with Crippen molar-refractivity contribution in [3.63, 3.8) is 0 Å². The van der Waals surface area contributed by atoms with E-state index in [1.807, 2.05) is 31.3 Å². The minimum atomic E-state index is -0.375. The van der Waals surface area contributed by atoms with Gasteiger partial charge in [-0.1, -0.05) is 30.8 Å². The predicted octanol–water partition coefficient (Wildman–Crippen LogP) is 2.80. The van der Waals surface area contributed by atoms with E-state index in [0.717, 1.165) is 29.3 Å². The van der Waals surface area contributed by atoms with Crippen molar-refractivity contribution in [1.29, 1.82) is 0 Å². The van der Waals surface area contributed by atoms with E-state index in [2.05, 4.69) is 17.2 Å². The molecule has 0 radical (unpaired) electrons. The third-order valence-corrected chi connectivity index (χ3v) is 3.68. The van der Waals surface area contributed by atoms with E-state index in [-0.39, 0.29) is 17.2 Å². The van der Waals surface area contributed by atoms with Crippen LogP contribution in [0.5, 0.6) is 17.2 Å². The number of benzene rings is 2. The van der Waals surface area contributed by atoms with Crippen molar-refractivity contribution >= 4 is 11.1 Å². The Morgan fingerprint density at radius 1 is 1.00 bits per heavy atom. The Morgan fingerprint density at radius 3 is 2.21 bits per heavy atom. The van der Waals surface area contributed by atoms with Crippen LogP contribution >= 0.6 is 0 Å². The molecule has 2 aromatic rings. The molecule has 5 heteroatoms. The van der Waals surface area contributed by atoms with Gasteiger partial charge in [0, 0.05) is 37.0 Å². The molecule has 0 atom stereocenters. The maximum Gasteiger partial charge on any atom is 0.161 e. The first-order valence-corrected chi connectivity index (χ1v) is 7.53. The molecule has 0 fully saturated rings. The average molecular weight is 326 g/mol. The highest BCUT2D eigenvalue weighted by atomic mass is 16.3. The maximum absolute atomic E-state index is 10.1. The van der Waals surface area contributed by atoms with Crippen molar-refractivity contribution in [1.82, 2.24) is 10.6 Å². The number of phenolic OH excluding ortho intramolecular Hbond substituents is 3. The molecule has 0 heterocycles. The topological polar surface area (TPSA) is 84.8 Å². The lowest BCUT2D eigenvalue weighted by Crippen LogP contribution is -2.05. The maximum atomic E-state index is 10.1. The van der Waals surface area contributed by atoms with E-state index in [1.165, 1.54) is 6.07 Å². The van der Waals surface area contributed by atoms with E-state index in [1.54, 1.807) is 13.2 Å². The quantitative estimate of drug-likeness (QED) is 0.320. The van der Waals surface area contributed by atoms with E-state index >= 15 is 0 Å². The minimum Gasteiger partial charge on any atom is -0.507 e. The molecule has 5 N–H and O–H groups in total. The number of allylic oxidation sites excluding steroid dienone is 2. The Morgan fingerprint density at radius 2 is 1.62 bits per heavy atom. The van der Waals surface area contributed by atoms with Crippen LogP contribution in [0.15, 0.2) is 49.2 Å². The first-order chi connectivity index (χ1) is 11.5. The summed E-state index contributed by atoms with van der Waals surface area (Å²) in [5, 5.41) is 35.3. The molecule has 0 amide bonds. The van der Waals surface area contributed by atoms with E-state index in [4.69, 9.17) is 0 Å². The van der Waals surface area contributed by atoms with Crippen LogP contribution < -0.4 is 10.6 Å². The third kappa shape index (κ3) is 3.70. The molecule has 0 unspecified atom stereocenters. The van der Waals surface area contributed by atoms with Gasteiger partial charge in [-0.2, -0.15) is 0 Å². The second-order valence-electron chi connectivity index (χ2n) is 5.41. The summed E-state index contributed by atoms with van der Waals surface area (Å²) >= 11 is 0. The van der Waals surface area contributed by atoms with Crippen LogP contribution in [-0.4, -0.2) is 29.4 Å². The summed E-state index contributed by atoms with van der Waals surface area (Å²) in [5.74, 6) is -0.833. The summed E-state index contributed by atoms with van der Waals surface area (Å²) < 4.78 is 0. The fourth-order valence-corrected chi connectivity index (χ4v) is 2.45. The van der Waals surface area contributed by atoms with E-state index in [0.29, 0.717) is 11.1 Å². The van der Waals surface area contributed by atoms with Crippen molar-refractivity contribution in [3.05, 3.63) is 65.9 Å². The van der Waals surface area contributed by atoms with Gasteiger partial charge in [0.25, 0.3) is 0 Å². The predicted molar refractivity (Wildman–Crippen MR) is 96.7 cm³/mol. The van der Waals surface area contributed by atoms with Gasteiger partial charge in [0.05, 0.1) is 0 Å². The second kappa shape index (κ2) is 7.57. The Kier molecular flexibility index (Phi) is 5.50. The van der Waals surface area contributed by atoms with Gasteiger partial charge in [-0.25, -0.2) is 0 Å². The lowest BCUT2D eigenvalue weighted by molar-refractivity contribution is 0.396. The van der Waals surface area contributed by atoms with Crippen molar-refractivity contribution in [2.75, 3.05) is 14.1 Å². The van der Waals surface area contributed by atoms with E-state index < -0.39 is 0 Å². The normalized spacial score (nSPS) is 11.3. The van der Waals surface area contributed by atoms with Crippen LogP contribution in [0.25, 0.3) is 11.1 Å². The molecule has 0 bridgehead atoms. The summed E-state index contributed by atoms with van der Waals surface area (Å²) in [6.45, 7) is 4.81. The highest BCUT2D eigenvalue weighted by Crippen LogP contribution is 2.39. The van der Waals surface area contributed by atoms with Crippen LogP contribution in [0.2, 0.25) is 0 Å². The Hall–Kier alpha value is -2.92. The average Bonchev–Trinajstić information content (AvgIpc) is 2.56. The molecule has 0 saturated carbocycles. The summed E-state index contributed by atoms with van der Waals surface area (Å²) in [6.07, 6.45) is 1.78. The van der Waals surface area contributed by atoms with Crippen LogP contribution in [-0.2, 0) is 6.54 Å². The molecule has 0 aliphatic heterocycles. The third-order valence-electron chi connectivity index (χ3n) is 3.68. The van der Waals surface area contributed by atoms with E-state index in [9.17, 15) is 15.3 Å². The van der Waals surface area contributed by atoms with Crippen LogP contribution in [0.4, 0.5) is 0 Å². The van der Waals surface area contributed by atoms with Gasteiger partial charge in [0.2, 0.25) is 0 Å². The zero-order valence-corrected chi connectivity index (χ0v) is 13.8. The summed E-state index contributed by atoms with van der Waals surface area (Å²) in [4.78, 5) is 0. The SMILES string of the molecule is C=C(/C(=C\NC)c1ccc(CNC)cc1)c1cc(O)c(O)cc1O. The molecule has 0 aliphatic carbocycles. The van der Waals surface area contributed by atoms with Gasteiger partial charge in [0.1, 0.15) is 5.75 Å². The van der Waals surface area contributed by atoms with Gasteiger partial charge >= 0.3 is 0 Å². The summed E-state index contributed by atoms with van der Waals surface area (Å²) in [5.41, 5.74) is 3.72. The number of hydrogen-bond acceptors (Lipinski definition) is 5. The summed E-state index contributed by atoms with van der Waals surface area (Å²) in [6, 6.07) is 10.4. The largest absolute Gasteiger partial charge is 0.507 e. The highest BCUT2D eigenvalue weighted by Gasteiger charge is 2.15. The number of aromatic hydroxyl groups is 3. The Labute approximate surface area is 141 Å². The minimum absolute atomic E-state index is 0.149. The number of nitrogens with one attached hydrogen (secondary N) is 2. The van der Waals surface area contributed by atoms with Crippen molar-refractivity contribution in [2.24, 2.45) is 0 Å². The monoisotopic (exact) mass is 326 g/mol. The van der Waals surface area contributed by atoms with Crippen molar-refractivity contribution in [2.45, 2.75) is 6.54 Å². The smallest absolute Gasteiger partial charge is 0.161 e. The first-order valence-electron chi connectivity index (χ1n) is 7.53. The molecule has 2 aromatic carbocycles. The molecule has 126 valence electrons. The molecule has 0 saturated heterocycles. The molecule has 0 spiro atoms. The number of phenols is 3. The van der Waals surface area contributed by atoms with Gasteiger partial charge in [-0.05, 0) is 29.8 Å². The van der Waals surface area contributed by atoms with Crippen molar-refractivity contribution < 1.29 is 15.3 Å². The Bertz CT molecular complexity index is 765. The van der Waals surface area contributed by atoms with Gasteiger partial charge in [0.15, 0.2) is 11.5 Å². The van der Waals surface area contributed by atoms with Crippen LogP contribution in [0.3, 0.4) is 0 Å². The lowest BCUT2D eigenvalue weighted by Gasteiger charge is -2.15. The van der Waals surface area contributed by atoms with Gasteiger partial charge < -0.3 is 26.0 Å². The first kappa shape index (κ1) is 17.4. The number of rotatable bonds is 6. The molecule has 0 aliphatic rings. The van der Waals surface area contributed by atoms with Crippen LogP contribution in [0.1, 0.15) is 16.7 Å². The lowest BCUT2D eigenvalue weighted by atomic mass is 9.93. The molecule has 2 rings (SSSR count). The van der Waals surface area contributed by atoms with Crippen molar-refractivity contribution in [3.8, 4) is 17.2 Å². The molecule has 5 nitrogen and oxygen atoms in total. The zero-order valence-electron chi connectivity index (χ0n) is 13.8. The van der Waals surface area contributed by atoms with Gasteiger partial charge in [-0.3, -0.25) is 0 Å². The molecule has 24 heavy (non-hydrogen) atoms. The fourth-order valence-electron chi connectivity index (χ4n) is 2.45.